The highest BCUT2D eigenvalue weighted by molar-refractivity contribution is 5.48. The third-order valence-electron chi connectivity index (χ3n) is 3.67. The van der Waals surface area contributed by atoms with Crippen molar-refractivity contribution in [3.05, 3.63) is 17.1 Å². The van der Waals surface area contributed by atoms with Crippen LogP contribution in [-0.2, 0) is 23.2 Å². The van der Waals surface area contributed by atoms with Crippen molar-refractivity contribution in [3.8, 4) is 0 Å². The summed E-state index contributed by atoms with van der Waals surface area (Å²) in [7, 11) is 1.69. The van der Waals surface area contributed by atoms with Crippen molar-refractivity contribution in [1.82, 2.24) is 9.97 Å². The maximum absolute atomic E-state index is 5.54. The summed E-state index contributed by atoms with van der Waals surface area (Å²) in [6, 6.07) is 0. The van der Waals surface area contributed by atoms with Gasteiger partial charge in [0.25, 0.3) is 0 Å². The Morgan fingerprint density at radius 1 is 1.41 bits per heavy atom. The fourth-order valence-electron chi connectivity index (χ4n) is 2.18. The molecular formula is C12H20N4O. The van der Waals surface area contributed by atoms with Gasteiger partial charge in [-0.15, -0.1) is 0 Å². The maximum atomic E-state index is 5.54. The number of rotatable bonds is 4. The van der Waals surface area contributed by atoms with Crippen LogP contribution in [0.15, 0.2) is 0 Å². The molecular weight excluding hydrogens is 216 g/mol. The smallest absolute Gasteiger partial charge is 0.162 e. The van der Waals surface area contributed by atoms with Gasteiger partial charge in [-0.05, 0) is 32.6 Å². The summed E-state index contributed by atoms with van der Waals surface area (Å²) in [5.41, 5.74) is 4.51. The Kier molecular flexibility index (Phi) is 3.31. The summed E-state index contributed by atoms with van der Waals surface area (Å²) in [6.45, 7) is 4.07. The van der Waals surface area contributed by atoms with Crippen LogP contribution in [0.4, 0.5) is 5.82 Å². The van der Waals surface area contributed by atoms with Crippen LogP contribution in [0.3, 0.4) is 0 Å². The number of hydrazine groups is 1. The van der Waals surface area contributed by atoms with E-state index in [4.69, 9.17) is 10.6 Å². The number of anilines is 1. The lowest BCUT2D eigenvalue weighted by Crippen LogP contribution is -2.28. The van der Waals surface area contributed by atoms with E-state index in [2.05, 4.69) is 22.3 Å². The van der Waals surface area contributed by atoms with E-state index in [1.807, 2.05) is 6.92 Å². The van der Waals surface area contributed by atoms with Gasteiger partial charge in [0.15, 0.2) is 5.82 Å². The average molecular weight is 236 g/mol. The largest absolute Gasteiger partial charge is 0.371 e. The summed E-state index contributed by atoms with van der Waals surface area (Å²) in [5, 5.41) is 0. The number of nitrogens with zero attached hydrogens (tertiary/aromatic N) is 2. The van der Waals surface area contributed by atoms with Crippen molar-refractivity contribution < 1.29 is 4.74 Å². The van der Waals surface area contributed by atoms with Gasteiger partial charge < -0.3 is 10.2 Å². The fraction of sp³-hybridized carbons (Fsp3) is 0.667. The number of hydrogen-bond donors (Lipinski definition) is 2. The predicted molar refractivity (Wildman–Crippen MR) is 66.5 cm³/mol. The zero-order valence-electron chi connectivity index (χ0n) is 10.7. The predicted octanol–water partition coefficient (Wildman–Crippen LogP) is 1.52. The van der Waals surface area contributed by atoms with Crippen molar-refractivity contribution >= 4 is 5.82 Å². The van der Waals surface area contributed by atoms with Crippen LogP contribution >= 0.6 is 0 Å². The average Bonchev–Trinajstić information content (AvgIpc) is 2.84. The molecule has 0 fully saturated rings. The number of ether oxygens (including phenoxy) is 1. The van der Waals surface area contributed by atoms with Crippen molar-refractivity contribution in [3.63, 3.8) is 0 Å². The van der Waals surface area contributed by atoms with Crippen LogP contribution in [0, 0.1) is 0 Å². The lowest BCUT2D eigenvalue weighted by atomic mass is 10.0. The van der Waals surface area contributed by atoms with Gasteiger partial charge in [0.1, 0.15) is 11.4 Å². The molecule has 1 aliphatic rings. The van der Waals surface area contributed by atoms with Gasteiger partial charge in [0.05, 0.1) is 0 Å². The summed E-state index contributed by atoms with van der Waals surface area (Å²) in [5.74, 6) is 7.00. The van der Waals surface area contributed by atoms with Gasteiger partial charge in [-0.25, -0.2) is 15.8 Å². The van der Waals surface area contributed by atoms with Crippen molar-refractivity contribution in [2.24, 2.45) is 5.84 Å². The van der Waals surface area contributed by atoms with E-state index >= 15 is 0 Å². The molecule has 1 aromatic rings. The van der Waals surface area contributed by atoms with Crippen molar-refractivity contribution in [2.75, 3.05) is 12.5 Å². The summed E-state index contributed by atoms with van der Waals surface area (Å²) >= 11 is 0. The first-order valence-electron chi connectivity index (χ1n) is 6.06. The van der Waals surface area contributed by atoms with Gasteiger partial charge >= 0.3 is 0 Å². The fourth-order valence-corrected chi connectivity index (χ4v) is 2.18. The molecule has 0 aliphatic heterocycles. The van der Waals surface area contributed by atoms with Crippen LogP contribution in [-0.4, -0.2) is 17.1 Å². The van der Waals surface area contributed by atoms with Crippen molar-refractivity contribution in [2.45, 2.75) is 45.1 Å². The highest BCUT2D eigenvalue weighted by atomic mass is 16.5. The molecule has 3 N–H and O–H groups in total. The number of methoxy groups -OCH3 is 1. The Labute approximate surface area is 102 Å². The number of aromatic nitrogens is 2. The molecule has 1 unspecified atom stereocenters. The Morgan fingerprint density at radius 3 is 2.76 bits per heavy atom. The van der Waals surface area contributed by atoms with E-state index in [1.165, 1.54) is 0 Å². The van der Waals surface area contributed by atoms with E-state index in [1.54, 1.807) is 7.11 Å². The Hall–Kier alpha value is -1.20. The Balaban J connectivity index is 2.50. The van der Waals surface area contributed by atoms with Gasteiger partial charge in [-0.3, -0.25) is 0 Å². The van der Waals surface area contributed by atoms with E-state index in [9.17, 15) is 0 Å². The molecule has 0 radical (unpaired) electrons. The lowest BCUT2D eigenvalue weighted by molar-refractivity contribution is -0.00902. The minimum Gasteiger partial charge on any atom is -0.371 e. The molecule has 0 spiro atoms. The first-order valence-corrected chi connectivity index (χ1v) is 6.06. The van der Waals surface area contributed by atoms with Gasteiger partial charge in [0.2, 0.25) is 0 Å². The minimum absolute atomic E-state index is 0.441. The normalized spacial score (nSPS) is 17.6. The van der Waals surface area contributed by atoms with Crippen LogP contribution in [0.25, 0.3) is 0 Å². The summed E-state index contributed by atoms with van der Waals surface area (Å²) in [6.07, 6.45) is 3.96. The topological polar surface area (TPSA) is 73.1 Å². The monoisotopic (exact) mass is 236 g/mol. The van der Waals surface area contributed by atoms with E-state index in [0.29, 0.717) is 0 Å². The lowest BCUT2D eigenvalue weighted by Gasteiger charge is -2.26. The molecule has 1 heterocycles. The highest BCUT2D eigenvalue weighted by Crippen LogP contribution is 2.31. The molecule has 2 rings (SSSR count). The molecule has 5 heteroatoms. The SMILES string of the molecule is CCC(C)(OC)c1nc2c(c(NN)n1)CCC2. The zero-order chi connectivity index (χ0) is 12.5. The second-order valence-electron chi connectivity index (χ2n) is 4.61. The molecule has 0 bridgehead atoms. The molecule has 0 amide bonds. The number of nitrogen functional groups attached to an aromatic ring is 1. The number of hydrogen-bond acceptors (Lipinski definition) is 5. The molecule has 0 aromatic carbocycles. The third kappa shape index (κ3) is 2.00. The first-order chi connectivity index (χ1) is 8.14. The van der Waals surface area contributed by atoms with Crippen LogP contribution in [0.1, 0.15) is 43.8 Å². The number of aryl methyl sites for hydroxylation is 1. The maximum Gasteiger partial charge on any atom is 0.162 e. The first kappa shape index (κ1) is 12.3. The zero-order valence-corrected chi connectivity index (χ0v) is 10.7. The molecule has 0 saturated carbocycles. The standard InChI is InChI=1S/C12H20N4O/c1-4-12(2,17-3)11-14-9-7-5-6-8(9)10(15-11)16-13/h4-7,13H2,1-3H3,(H,14,15,16). The molecule has 1 atom stereocenters. The Morgan fingerprint density at radius 2 is 2.18 bits per heavy atom. The van der Waals surface area contributed by atoms with Gasteiger partial charge in [-0.1, -0.05) is 6.92 Å². The van der Waals surface area contributed by atoms with E-state index in [0.717, 1.165) is 48.6 Å². The quantitative estimate of drug-likeness (QED) is 0.612. The Bertz CT molecular complexity index is 415. The van der Waals surface area contributed by atoms with Crippen LogP contribution < -0.4 is 11.3 Å². The molecule has 17 heavy (non-hydrogen) atoms. The summed E-state index contributed by atoms with van der Waals surface area (Å²) < 4.78 is 5.54. The second-order valence-corrected chi connectivity index (χ2v) is 4.61. The molecule has 1 aromatic heterocycles. The van der Waals surface area contributed by atoms with Gasteiger partial charge in [-0.2, -0.15) is 0 Å². The molecule has 5 nitrogen and oxygen atoms in total. The van der Waals surface area contributed by atoms with E-state index in [-0.39, 0.29) is 0 Å². The second kappa shape index (κ2) is 4.58. The third-order valence-corrected chi connectivity index (χ3v) is 3.67. The minimum atomic E-state index is -0.441. The highest BCUT2D eigenvalue weighted by Gasteiger charge is 2.30. The number of fused-ring (bicyclic) bond motifs is 1. The van der Waals surface area contributed by atoms with Crippen molar-refractivity contribution in [1.29, 1.82) is 0 Å². The summed E-state index contributed by atoms with van der Waals surface area (Å²) in [4.78, 5) is 9.15. The van der Waals surface area contributed by atoms with E-state index < -0.39 is 5.60 Å². The molecule has 0 saturated heterocycles. The van der Waals surface area contributed by atoms with Crippen LogP contribution in [0.2, 0.25) is 0 Å². The van der Waals surface area contributed by atoms with Gasteiger partial charge in [0, 0.05) is 18.4 Å². The van der Waals surface area contributed by atoms with Crippen LogP contribution in [0.5, 0.6) is 0 Å². The number of nitrogens with two attached hydrogens (primary N) is 1. The molecule has 94 valence electrons. The molecule has 1 aliphatic carbocycles. The number of nitrogens with one attached hydrogen (secondary N) is 1.